The predicted molar refractivity (Wildman–Crippen MR) is 76.5 cm³/mol. The number of anilines is 1. The molecule has 1 aromatic heterocycles. The number of hydrogen-bond donors (Lipinski definition) is 2. The van der Waals surface area contributed by atoms with Crippen LogP contribution >= 0.6 is 11.6 Å². The van der Waals surface area contributed by atoms with Gasteiger partial charge in [0.1, 0.15) is 5.56 Å². The summed E-state index contributed by atoms with van der Waals surface area (Å²) in [5.41, 5.74) is 0.283. The van der Waals surface area contributed by atoms with Crippen LogP contribution in [0.4, 0.5) is 5.69 Å². The van der Waals surface area contributed by atoms with Gasteiger partial charge in [0.05, 0.1) is 5.02 Å². The highest BCUT2D eigenvalue weighted by atomic mass is 35.5. The highest BCUT2D eigenvalue weighted by molar-refractivity contribution is 6.30. The largest absolute Gasteiger partial charge is 0.327 e. The average Bonchev–Trinajstić information content (AvgIpc) is 2.41. The number of carbonyl (C=O) groups is 2. The molecule has 1 heterocycles. The Morgan fingerprint density at radius 3 is 2.70 bits per heavy atom. The van der Waals surface area contributed by atoms with Crippen LogP contribution < -0.4 is 10.9 Å². The molecule has 20 heavy (non-hydrogen) atoms. The van der Waals surface area contributed by atoms with Crippen LogP contribution in [0.25, 0.3) is 0 Å². The minimum Gasteiger partial charge on any atom is -0.327 e. The first-order valence-corrected chi connectivity index (χ1v) is 6.16. The Labute approximate surface area is 119 Å². The number of H-pyrrole nitrogens is 1. The first-order chi connectivity index (χ1) is 9.47. The average molecular weight is 291 g/mol. The van der Waals surface area contributed by atoms with Crippen LogP contribution in [-0.2, 0) is 0 Å². The third kappa shape index (κ3) is 3.13. The molecular weight excluding hydrogens is 280 g/mol. The number of benzene rings is 1. The van der Waals surface area contributed by atoms with Gasteiger partial charge in [-0.25, -0.2) is 0 Å². The number of aromatic amines is 1. The predicted octanol–water partition coefficient (Wildman–Crippen LogP) is 2.48. The van der Waals surface area contributed by atoms with Crippen molar-refractivity contribution < 1.29 is 9.59 Å². The van der Waals surface area contributed by atoms with E-state index in [1.807, 2.05) is 0 Å². The third-order valence-corrected chi connectivity index (χ3v) is 2.86. The number of ketones is 1. The quantitative estimate of drug-likeness (QED) is 0.852. The Bertz CT molecular complexity index is 737. The van der Waals surface area contributed by atoms with Gasteiger partial charge in [-0.1, -0.05) is 23.7 Å². The summed E-state index contributed by atoms with van der Waals surface area (Å²) in [7, 11) is 0. The number of Topliss-reactive ketones (excluding diaryl/α,β-unsaturated/α-hetero) is 1. The molecule has 6 heteroatoms. The van der Waals surface area contributed by atoms with E-state index < -0.39 is 11.5 Å². The molecule has 0 unspecified atom stereocenters. The van der Waals surface area contributed by atoms with Crippen LogP contribution in [0.15, 0.2) is 41.3 Å². The Morgan fingerprint density at radius 2 is 2.00 bits per heavy atom. The van der Waals surface area contributed by atoms with Crippen molar-refractivity contribution in [2.75, 3.05) is 5.32 Å². The van der Waals surface area contributed by atoms with E-state index in [4.69, 9.17) is 11.6 Å². The minimum atomic E-state index is -0.588. The Morgan fingerprint density at radius 1 is 1.25 bits per heavy atom. The number of pyridine rings is 1. The van der Waals surface area contributed by atoms with Crippen molar-refractivity contribution >= 4 is 29.0 Å². The summed E-state index contributed by atoms with van der Waals surface area (Å²) < 4.78 is 0. The maximum absolute atomic E-state index is 12.0. The van der Waals surface area contributed by atoms with Crippen molar-refractivity contribution in [3.05, 3.63) is 63.0 Å². The van der Waals surface area contributed by atoms with Gasteiger partial charge >= 0.3 is 0 Å². The van der Waals surface area contributed by atoms with Crippen molar-refractivity contribution in [1.29, 1.82) is 0 Å². The summed E-state index contributed by atoms with van der Waals surface area (Å²) >= 11 is 5.74. The van der Waals surface area contributed by atoms with Crippen molar-refractivity contribution in [3.63, 3.8) is 0 Å². The van der Waals surface area contributed by atoms with Gasteiger partial charge in [0.15, 0.2) is 5.78 Å². The highest BCUT2D eigenvalue weighted by Crippen LogP contribution is 2.13. The fourth-order valence-corrected chi connectivity index (χ4v) is 1.80. The Kier molecular flexibility index (Phi) is 4.00. The van der Waals surface area contributed by atoms with E-state index in [1.54, 1.807) is 24.3 Å². The van der Waals surface area contributed by atoms with Crippen molar-refractivity contribution in [1.82, 2.24) is 4.98 Å². The molecule has 0 aliphatic heterocycles. The zero-order valence-corrected chi connectivity index (χ0v) is 11.3. The molecular formula is C14H11ClN2O3. The lowest BCUT2D eigenvalue weighted by Crippen LogP contribution is -2.22. The Balaban J connectivity index is 2.28. The molecule has 2 N–H and O–H groups in total. The third-order valence-electron chi connectivity index (χ3n) is 2.64. The molecule has 0 saturated heterocycles. The molecule has 0 aliphatic carbocycles. The van der Waals surface area contributed by atoms with E-state index in [1.165, 1.54) is 19.2 Å². The first-order valence-electron chi connectivity index (χ1n) is 5.78. The molecule has 0 bridgehead atoms. The zero-order valence-electron chi connectivity index (χ0n) is 10.6. The summed E-state index contributed by atoms with van der Waals surface area (Å²) in [5.74, 6) is -0.698. The molecule has 0 radical (unpaired) electrons. The summed E-state index contributed by atoms with van der Waals surface area (Å²) in [5, 5.41) is 2.81. The van der Waals surface area contributed by atoms with Crippen molar-refractivity contribution in [3.8, 4) is 0 Å². The van der Waals surface area contributed by atoms with Crippen LogP contribution in [-0.4, -0.2) is 16.7 Å². The van der Waals surface area contributed by atoms with E-state index in [9.17, 15) is 14.4 Å². The van der Waals surface area contributed by atoms with Crippen LogP contribution in [0, 0.1) is 0 Å². The summed E-state index contributed by atoms with van der Waals surface area (Å²) in [4.78, 5) is 37.2. The van der Waals surface area contributed by atoms with E-state index in [0.717, 1.165) is 0 Å². The van der Waals surface area contributed by atoms with Gasteiger partial charge in [0.25, 0.3) is 11.5 Å². The van der Waals surface area contributed by atoms with Gasteiger partial charge in [-0.3, -0.25) is 14.4 Å². The van der Waals surface area contributed by atoms with E-state index in [2.05, 4.69) is 10.3 Å². The molecule has 0 saturated carbocycles. The number of amides is 1. The number of aromatic nitrogens is 1. The van der Waals surface area contributed by atoms with Crippen molar-refractivity contribution in [2.45, 2.75) is 6.92 Å². The van der Waals surface area contributed by atoms with E-state index in [-0.39, 0.29) is 16.4 Å². The standard InChI is InChI=1S/C14H11ClN2O3/c1-8(18)9-3-2-4-11(5-9)17-14(20)12-6-10(15)7-16-13(12)19/h2-7H,1H3,(H,16,19)(H,17,20). The highest BCUT2D eigenvalue weighted by Gasteiger charge is 2.12. The SMILES string of the molecule is CC(=O)c1cccc(NC(=O)c2cc(Cl)c[nH]c2=O)c1. The topological polar surface area (TPSA) is 79.0 Å². The summed E-state index contributed by atoms with van der Waals surface area (Å²) in [6.45, 7) is 1.43. The molecule has 0 fully saturated rings. The lowest BCUT2D eigenvalue weighted by molar-refractivity contribution is 0.101. The lowest BCUT2D eigenvalue weighted by atomic mass is 10.1. The summed E-state index contributed by atoms with van der Waals surface area (Å²) in [6, 6.07) is 7.74. The molecule has 0 aliphatic rings. The second kappa shape index (κ2) is 5.71. The normalized spacial score (nSPS) is 10.1. The molecule has 0 spiro atoms. The Hall–Kier alpha value is -2.40. The van der Waals surface area contributed by atoms with Gasteiger partial charge in [0, 0.05) is 17.4 Å². The fourth-order valence-electron chi connectivity index (χ4n) is 1.64. The molecule has 0 atom stereocenters. The molecule has 2 rings (SSSR count). The number of carbonyl (C=O) groups excluding carboxylic acids is 2. The maximum Gasteiger partial charge on any atom is 0.261 e. The first kappa shape index (κ1) is 14.0. The smallest absolute Gasteiger partial charge is 0.261 e. The van der Waals surface area contributed by atoms with Gasteiger partial charge in [-0.15, -0.1) is 0 Å². The van der Waals surface area contributed by atoms with Gasteiger partial charge in [0.2, 0.25) is 0 Å². The molecule has 1 amide bonds. The van der Waals surface area contributed by atoms with E-state index in [0.29, 0.717) is 11.3 Å². The van der Waals surface area contributed by atoms with Gasteiger partial charge in [-0.2, -0.15) is 0 Å². The number of halogens is 1. The fraction of sp³-hybridized carbons (Fsp3) is 0.0714. The summed E-state index contributed by atoms with van der Waals surface area (Å²) in [6.07, 6.45) is 1.30. The monoisotopic (exact) mass is 290 g/mol. The zero-order chi connectivity index (χ0) is 14.7. The maximum atomic E-state index is 12.0. The van der Waals surface area contributed by atoms with Crippen LogP contribution in [0.1, 0.15) is 27.6 Å². The molecule has 5 nitrogen and oxygen atoms in total. The van der Waals surface area contributed by atoms with Crippen LogP contribution in [0.2, 0.25) is 5.02 Å². The van der Waals surface area contributed by atoms with Crippen molar-refractivity contribution in [2.24, 2.45) is 0 Å². The number of hydrogen-bond acceptors (Lipinski definition) is 3. The minimum absolute atomic E-state index is 0.0919. The van der Waals surface area contributed by atoms with E-state index >= 15 is 0 Å². The van der Waals surface area contributed by atoms with Crippen LogP contribution in [0.5, 0.6) is 0 Å². The second-order valence-electron chi connectivity index (χ2n) is 4.15. The number of rotatable bonds is 3. The molecule has 1 aromatic carbocycles. The molecule has 2 aromatic rings. The number of nitrogens with one attached hydrogen (secondary N) is 2. The van der Waals surface area contributed by atoms with Gasteiger partial charge in [-0.05, 0) is 25.1 Å². The van der Waals surface area contributed by atoms with Crippen LogP contribution in [0.3, 0.4) is 0 Å². The van der Waals surface area contributed by atoms with Gasteiger partial charge < -0.3 is 10.3 Å². The second-order valence-corrected chi connectivity index (χ2v) is 4.59. The molecule has 102 valence electrons. The lowest BCUT2D eigenvalue weighted by Gasteiger charge is -2.06.